The van der Waals surface area contributed by atoms with E-state index in [1.165, 1.54) is 18.2 Å². The Hall–Kier alpha value is -2.73. The molecule has 0 heterocycles. The number of benzene rings is 2. The summed E-state index contributed by atoms with van der Waals surface area (Å²) < 4.78 is 13.2. The van der Waals surface area contributed by atoms with E-state index in [-0.39, 0.29) is 24.4 Å². The van der Waals surface area contributed by atoms with Crippen LogP contribution in [0.25, 0.3) is 0 Å². The average molecular weight is 385 g/mol. The van der Waals surface area contributed by atoms with Crippen molar-refractivity contribution in [2.75, 3.05) is 18.9 Å². The van der Waals surface area contributed by atoms with E-state index < -0.39 is 11.9 Å². The first kappa shape index (κ1) is 21.6. The van der Waals surface area contributed by atoms with Crippen molar-refractivity contribution in [1.29, 1.82) is 0 Å². The lowest BCUT2D eigenvalue weighted by atomic mass is 10.0. The van der Waals surface area contributed by atoms with Crippen molar-refractivity contribution in [3.8, 4) is 0 Å². The minimum atomic E-state index is -0.485. The van der Waals surface area contributed by atoms with Gasteiger partial charge in [0.05, 0.1) is 18.6 Å². The molecule has 0 aliphatic carbocycles. The number of nitrogens with zero attached hydrogens (tertiary/aromatic N) is 1. The first-order valence-electron chi connectivity index (χ1n) is 9.51. The Morgan fingerprint density at radius 2 is 1.82 bits per heavy atom. The van der Waals surface area contributed by atoms with Crippen molar-refractivity contribution in [3.05, 3.63) is 66.0 Å². The van der Waals surface area contributed by atoms with Crippen molar-refractivity contribution in [3.63, 3.8) is 0 Å². The van der Waals surface area contributed by atoms with Crippen LogP contribution in [0, 0.1) is 5.82 Å². The maximum Gasteiger partial charge on any atom is 0.238 e. The molecular weight excluding hydrogens is 357 g/mol. The number of carbonyl (C=O) groups is 2. The first-order chi connectivity index (χ1) is 13.4. The molecule has 5 nitrogen and oxygen atoms in total. The molecule has 0 unspecified atom stereocenters. The van der Waals surface area contributed by atoms with E-state index in [1.807, 2.05) is 30.3 Å². The number of nitrogens with one attached hydrogen (secondary N) is 2. The fourth-order valence-corrected chi connectivity index (χ4v) is 2.92. The average Bonchev–Trinajstić information content (AvgIpc) is 2.67. The van der Waals surface area contributed by atoms with Crippen LogP contribution in [0.15, 0.2) is 54.6 Å². The Balaban J connectivity index is 1.92. The topological polar surface area (TPSA) is 61.4 Å². The van der Waals surface area contributed by atoms with E-state index in [4.69, 9.17) is 0 Å². The molecule has 0 aliphatic heterocycles. The maximum absolute atomic E-state index is 13.2. The Labute approximate surface area is 165 Å². The number of carbonyl (C=O) groups excluding carboxylic acids is 2. The van der Waals surface area contributed by atoms with Crippen LogP contribution in [0.1, 0.15) is 38.3 Å². The van der Waals surface area contributed by atoms with Gasteiger partial charge >= 0.3 is 0 Å². The molecule has 2 atom stereocenters. The zero-order chi connectivity index (χ0) is 20.5. The molecule has 2 amide bonds. The summed E-state index contributed by atoms with van der Waals surface area (Å²) in [5, 5.41) is 5.73. The second-order valence-corrected chi connectivity index (χ2v) is 6.91. The monoisotopic (exact) mass is 385 g/mol. The van der Waals surface area contributed by atoms with Gasteiger partial charge in [-0.2, -0.15) is 0 Å². The number of anilines is 1. The molecule has 2 N–H and O–H groups in total. The highest BCUT2D eigenvalue weighted by Crippen LogP contribution is 2.18. The van der Waals surface area contributed by atoms with E-state index in [1.54, 1.807) is 24.9 Å². The number of halogens is 1. The second kappa shape index (κ2) is 10.6. The zero-order valence-corrected chi connectivity index (χ0v) is 16.6. The Morgan fingerprint density at radius 3 is 2.46 bits per heavy atom. The van der Waals surface area contributed by atoms with Crippen LogP contribution < -0.4 is 10.6 Å². The standard InChI is InChI=1S/C22H28FN3O2/c1-4-9-20(17-10-6-5-7-11-17)25-22(28)16(2)26(3)15-21(27)24-19-13-8-12-18(23)14-19/h5-8,10-14,16,20H,4,9,15H2,1-3H3,(H,24,27)(H,25,28)/t16-,20+/m1/s1. The summed E-state index contributed by atoms with van der Waals surface area (Å²) in [5.74, 6) is -0.856. The molecule has 28 heavy (non-hydrogen) atoms. The molecule has 0 saturated heterocycles. The van der Waals surface area contributed by atoms with Gasteiger partial charge in [0.25, 0.3) is 0 Å². The quantitative estimate of drug-likeness (QED) is 0.691. The lowest BCUT2D eigenvalue weighted by Crippen LogP contribution is -2.46. The van der Waals surface area contributed by atoms with Crippen LogP contribution in [-0.4, -0.2) is 36.3 Å². The lowest BCUT2D eigenvalue weighted by molar-refractivity contribution is -0.127. The normalized spacial score (nSPS) is 13.0. The van der Waals surface area contributed by atoms with E-state index in [0.717, 1.165) is 18.4 Å². The van der Waals surface area contributed by atoms with Crippen LogP contribution in [0.4, 0.5) is 10.1 Å². The van der Waals surface area contributed by atoms with Gasteiger partial charge in [0.15, 0.2) is 0 Å². The third-order valence-corrected chi connectivity index (χ3v) is 4.64. The second-order valence-electron chi connectivity index (χ2n) is 6.91. The number of hydrogen-bond acceptors (Lipinski definition) is 3. The smallest absolute Gasteiger partial charge is 0.238 e. The number of hydrogen-bond donors (Lipinski definition) is 2. The van der Waals surface area contributed by atoms with Gasteiger partial charge in [-0.05, 0) is 44.2 Å². The van der Waals surface area contributed by atoms with Gasteiger partial charge in [-0.1, -0.05) is 49.7 Å². The largest absolute Gasteiger partial charge is 0.348 e. The van der Waals surface area contributed by atoms with Crippen LogP contribution >= 0.6 is 0 Å². The maximum atomic E-state index is 13.2. The summed E-state index contributed by atoms with van der Waals surface area (Å²) in [7, 11) is 1.72. The highest BCUT2D eigenvalue weighted by molar-refractivity contribution is 5.92. The summed E-state index contributed by atoms with van der Waals surface area (Å²) in [6.07, 6.45) is 1.78. The first-order valence-corrected chi connectivity index (χ1v) is 9.51. The molecule has 2 aromatic carbocycles. The van der Waals surface area contributed by atoms with Crippen molar-refractivity contribution < 1.29 is 14.0 Å². The summed E-state index contributed by atoms with van der Waals surface area (Å²) >= 11 is 0. The molecule has 0 bridgehead atoms. The molecule has 0 spiro atoms. The molecule has 0 aliphatic rings. The van der Waals surface area contributed by atoms with Gasteiger partial charge in [0, 0.05) is 5.69 Å². The van der Waals surface area contributed by atoms with Gasteiger partial charge in [0.1, 0.15) is 5.82 Å². The third kappa shape index (κ3) is 6.46. The third-order valence-electron chi connectivity index (χ3n) is 4.64. The highest BCUT2D eigenvalue weighted by atomic mass is 19.1. The van der Waals surface area contributed by atoms with Gasteiger partial charge < -0.3 is 10.6 Å². The van der Waals surface area contributed by atoms with Gasteiger partial charge in [-0.15, -0.1) is 0 Å². The van der Waals surface area contributed by atoms with Crippen molar-refractivity contribution in [2.45, 2.75) is 38.8 Å². The molecule has 0 saturated carbocycles. The molecule has 2 rings (SSSR count). The fraction of sp³-hybridized carbons (Fsp3) is 0.364. The van der Waals surface area contributed by atoms with Crippen LogP contribution in [-0.2, 0) is 9.59 Å². The summed E-state index contributed by atoms with van der Waals surface area (Å²) in [6.45, 7) is 3.86. The van der Waals surface area contributed by atoms with Gasteiger partial charge in [-0.3, -0.25) is 14.5 Å². The molecule has 0 radical (unpaired) electrons. The number of likely N-dealkylation sites (N-methyl/N-ethyl adjacent to an activating group) is 1. The fourth-order valence-electron chi connectivity index (χ4n) is 2.92. The minimum absolute atomic E-state index is 0.0227. The van der Waals surface area contributed by atoms with Gasteiger partial charge in [0.2, 0.25) is 11.8 Å². The van der Waals surface area contributed by atoms with Crippen LogP contribution in [0.3, 0.4) is 0 Å². The number of rotatable bonds is 9. The van der Waals surface area contributed by atoms with Crippen molar-refractivity contribution in [1.82, 2.24) is 10.2 Å². The van der Waals surface area contributed by atoms with E-state index in [0.29, 0.717) is 5.69 Å². The number of amides is 2. The molecular formula is C22H28FN3O2. The van der Waals surface area contributed by atoms with Crippen molar-refractivity contribution in [2.24, 2.45) is 0 Å². The predicted octanol–water partition coefficient (Wildman–Crippen LogP) is 3.74. The van der Waals surface area contributed by atoms with Gasteiger partial charge in [-0.25, -0.2) is 4.39 Å². The Bertz CT molecular complexity index is 782. The Kier molecular flexibility index (Phi) is 8.14. The van der Waals surface area contributed by atoms with Crippen molar-refractivity contribution >= 4 is 17.5 Å². The zero-order valence-electron chi connectivity index (χ0n) is 16.6. The van der Waals surface area contributed by atoms with E-state index in [2.05, 4.69) is 17.6 Å². The Morgan fingerprint density at radius 1 is 1.11 bits per heavy atom. The molecule has 6 heteroatoms. The summed E-state index contributed by atoms with van der Waals surface area (Å²) in [5.41, 5.74) is 1.46. The SMILES string of the molecule is CCC[C@H](NC(=O)[C@@H](C)N(C)CC(=O)Nc1cccc(F)c1)c1ccccc1. The highest BCUT2D eigenvalue weighted by Gasteiger charge is 2.23. The van der Waals surface area contributed by atoms with E-state index in [9.17, 15) is 14.0 Å². The minimum Gasteiger partial charge on any atom is -0.348 e. The molecule has 0 aromatic heterocycles. The summed E-state index contributed by atoms with van der Waals surface area (Å²) in [4.78, 5) is 26.6. The predicted molar refractivity (Wildman–Crippen MR) is 109 cm³/mol. The molecule has 0 fully saturated rings. The van der Waals surface area contributed by atoms with E-state index >= 15 is 0 Å². The lowest BCUT2D eigenvalue weighted by Gasteiger charge is -2.26. The van der Waals surface area contributed by atoms with Crippen LogP contribution in [0.2, 0.25) is 0 Å². The van der Waals surface area contributed by atoms with Crippen LogP contribution in [0.5, 0.6) is 0 Å². The molecule has 2 aromatic rings. The summed E-state index contributed by atoms with van der Waals surface area (Å²) in [6, 6.07) is 15.0. The molecule has 150 valence electrons.